The van der Waals surface area contributed by atoms with E-state index in [2.05, 4.69) is 24.3 Å². The standard InChI is InChI=1S/C42H24O4/c43-39-25-15-5-7-17-27(25)41(45)35-29(19-9-21-31(35)39)37-33(23-11-1-2-12-23)34(24-13-3-4-14-24)38(37)30-20-10-22-32-36(30)42(46)28-18-8-6-16-26(28)40(32)44/h1-24H. The number of ketones is 4. The Bertz CT molecular complexity index is 2150. The molecule has 0 unspecified atom stereocenters. The van der Waals surface area contributed by atoms with E-state index in [1.165, 1.54) is 0 Å². The zero-order valence-corrected chi connectivity index (χ0v) is 24.5. The van der Waals surface area contributed by atoms with Crippen molar-refractivity contribution in [2.75, 3.05) is 0 Å². The summed E-state index contributed by atoms with van der Waals surface area (Å²) < 4.78 is 0. The van der Waals surface area contributed by atoms with Crippen LogP contribution in [0.15, 0.2) is 145 Å². The quantitative estimate of drug-likeness (QED) is 0.208. The summed E-state index contributed by atoms with van der Waals surface area (Å²) in [5, 5.41) is 0. The van der Waals surface area contributed by atoms with Crippen LogP contribution in [0.1, 0.15) is 74.8 Å². The van der Waals surface area contributed by atoms with E-state index in [1.54, 1.807) is 60.7 Å². The van der Waals surface area contributed by atoms with Crippen LogP contribution in [0.2, 0.25) is 0 Å². The number of rotatable bonds is 4. The Morgan fingerprint density at radius 3 is 1.00 bits per heavy atom. The third-order valence-electron chi connectivity index (χ3n) is 9.69. The molecular weight excluding hydrogens is 568 g/mol. The third kappa shape index (κ3) is 3.50. The number of carbonyl (C=O) groups excluding carboxylic acids is 4. The first-order valence-electron chi connectivity index (χ1n) is 15.4. The second-order valence-corrected chi connectivity index (χ2v) is 12.0. The minimum atomic E-state index is -0.200. The van der Waals surface area contributed by atoms with E-state index in [1.807, 2.05) is 48.6 Å². The number of hydrogen-bond acceptors (Lipinski definition) is 4. The van der Waals surface area contributed by atoms with E-state index < -0.39 is 0 Å². The molecule has 4 heteroatoms. The van der Waals surface area contributed by atoms with Crippen molar-refractivity contribution in [2.24, 2.45) is 11.8 Å². The molecule has 5 aliphatic carbocycles. The molecule has 0 atom stereocenters. The molecule has 0 aromatic heterocycles. The van der Waals surface area contributed by atoms with Crippen LogP contribution in [0.5, 0.6) is 0 Å². The van der Waals surface area contributed by atoms with Crippen molar-refractivity contribution in [3.8, 4) is 0 Å². The number of allylic oxidation sites excluding steroid dienone is 12. The van der Waals surface area contributed by atoms with Gasteiger partial charge in [-0.15, -0.1) is 0 Å². The van der Waals surface area contributed by atoms with E-state index in [0.717, 1.165) is 22.3 Å². The van der Waals surface area contributed by atoms with Crippen LogP contribution in [0.25, 0.3) is 11.1 Å². The molecule has 0 heterocycles. The van der Waals surface area contributed by atoms with Crippen LogP contribution in [-0.2, 0) is 0 Å². The summed E-state index contributed by atoms with van der Waals surface area (Å²) in [6.45, 7) is 0. The molecule has 0 N–H and O–H groups in total. The summed E-state index contributed by atoms with van der Waals surface area (Å²) >= 11 is 0. The maximum Gasteiger partial charge on any atom is 0.195 e. The fourth-order valence-electron chi connectivity index (χ4n) is 7.68. The highest BCUT2D eigenvalue weighted by molar-refractivity contribution is 6.33. The summed E-state index contributed by atoms with van der Waals surface area (Å²) in [5.74, 6) is -0.896. The van der Waals surface area contributed by atoms with Gasteiger partial charge in [-0.1, -0.05) is 134 Å². The molecule has 4 nitrogen and oxygen atoms in total. The second kappa shape index (κ2) is 9.75. The van der Waals surface area contributed by atoms with Gasteiger partial charge < -0.3 is 0 Å². The maximum absolute atomic E-state index is 14.3. The van der Waals surface area contributed by atoms with E-state index in [-0.39, 0.29) is 35.0 Å². The zero-order chi connectivity index (χ0) is 31.1. The summed E-state index contributed by atoms with van der Waals surface area (Å²) in [7, 11) is 0. The van der Waals surface area contributed by atoms with Gasteiger partial charge in [0, 0.05) is 56.3 Å². The van der Waals surface area contributed by atoms with Crippen molar-refractivity contribution in [3.63, 3.8) is 0 Å². The Labute approximate surface area is 265 Å². The topological polar surface area (TPSA) is 68.3 Å². The van der Waals surface area contributed by atoms with E-state index in [0.29, 0.717) is 55.6 Å². The molecule has 0 fully saturated rings. The Kier molecular flexibility index (Phi) is 5.60. The van der Waals surface area contributed by atoms with Gasteiger partial charge in [0.1, 0.15) is 0 Å². The minimum absolute atomic E-state index is 0.0636. The lowest BCUT2D eigenvalue weighted by atomic mass is 9.63. The summed E-state index contributed by atoms with van der Waals surface area (Å²) in [5.41, 5.74) is 8.12. The largest absolute Gasteiger partial charge is 0.289 e. The lowest BCUT2D eigenvalue weighted by Crippen LogP contribution is -2.27. The molecule has 0 spiro atoms. The third-order valence-corrected chi connectivity index (χ3v) is 9.69. The zero-order valence-electron chi connectivity index (χ0n) is 24.5. The fraction of sp³-hybridized carbons (Fsp3) is 0.0476. The normalized spacial score (nSPS) is 17.9. The van der Waals surface area contributed by atoms with Crippen LogP contribution < -0.4 is 0 Å². The van der Waals surface area contributed by atoms with E-state index in [4.69, 9.17) is 0 Å². The molecule has 46 heavy (non-hydrogen) atoms. The lowest BCUT2D eigenvalue weighted by Gasteiger charge is -2.39. The molecule has 0 radical (unpaired) electrons. The van der Waals surface area contributed by atoms with Crippen molar-refractivity contribution in [1.29, 1.82) is 0 Å². The van der Waals surface area contributed by atoms with Gasteiger partial charge in [0.2, 0.25) is 0 Å². The van der Waals surface area contributed by atoms with Crippen molar-refractivity contribution in [2.45, 2.75) is 0 Å². The molecular formula is C42H24O4. The summed E-state index contributed by atoms with van der Waals surface area (Å²) in [4.78, 5) is 56.1. The van der Waals surface area contributed by atoms with Gasteiger partial charge >= 0.3 is 0 Å². The molecule has 0 aliphatic heterocycles. The van der Waals surface area contributed by atoms with Crippen molar-refractivity contribution in [1.82, 2.24) is 0 Å². The first-order valence-corrected chi connectivity index (χ1v) is 15.4. The predicted molar refractivity (Wildman–Crippen MR) is 177 cm³/mol. The predicted octanol–water partition coefficient (Wildman–Crippen LogP) is 7.94. The maximum atomic E-state index is 14.3. The van der Waals surface area contributed by atoms with Crippen molar-refractivity contribution < 1.29 is 19.2 Å². The van der Waals surface area contributed by atoms with Gasteiger partial charge in [-0.25, -0.2) is 0 Å². The SMILES string of the molecule is O=C1c2ccccc2C(=O)c2c1cccc2C1=C(c2cccc3c2C(=O)c2ccccc2C3=O)C(C2C=CC=C2)=C1C1C=CC=C1. The van der Waals surface area contributed by atoms with Crippen LogP contribution >= 0.6 is 0 Å². The Morgan fingerprint density at radius 1 is 0.326 bits per heavy atom. The fourth-order valence-corrected chi connectivity index (χ4v) is 7.68. The van der Waals surface area contributed by atoms with Gasteiger partial charge in [0.05, 0.1) is 0 Å². The highest BCUT2D eigenvalue weighted by Gasteiger charge is 2.43. The molecule has 216 valence electrons. The number of carbonyl (C=O) groups is 4. The van der Waals surface area contributed by atoms with Gasteiger partial charge in [-0.05, 0) is 33.4 Å². The molecule has 0 bridgehead atoms. The van der Waals surface area contributed by atoms with Gasteiger partial charge in [0.15, 0.2) is 23.1 Å². The molecule has 9 rings (SSSR count). The monoisotopic (exact) mass is 592 g/mol. The first kappa shape index (κ1) is 26.4. The number of fused-ring (bicyclic) bond motifs is 4. The minimum Gasteiger partial charge on any atom is -0.289 e. The first-order chi connectivity index (χ1) is 22.5. The van der Waals surface area contributed by atoms with Gasteiger partial charge in [-0.2, -0.15) is 0 Å². The van der Waals surface area contributed by atoms with Gasteiger partial charge in [-0.3, -0.25) is 19.2 Å². The van der Waals surface area contributed by atoms with Crippen molar-refractivity contribution >= 4 is 34.3 Å². The Balaban J connectivity index is 1.35. The lowest BCUT2D eigenvalue weighted by molar-refractivity contribution is 0.0979. The summed E-state index contributed by atoms with van der Waals surface area (Å²) in [6.07, 6.45) is 16.5. The molecule has 4 aromatic rings. The molecule has 0 saturated heterocycles. The van der Waals surface area contributed by atoms with Crippen LogP contribution in [0.4, 0.5) is 0 Å². The highest BCUT2D eigenvalue weighted by Crippen LogP contribution is 2.57. The average molecular weight is 593 g/mol. The van der Waals surface area contributed by atoms with Crippen LogP contribution in [0, 0.1) is 11.8 Å². The number of benzene rings is 4. The second-order valence-electron chi connectivity index (χ2n) is 12.0. The average Bonchev–Trinajstić information content (AvgIpc) is 3.81. The van der Waals surface area contributed by atoms with Crippen molar-refractivity contribution in [3.05, 3.63) is 200 Å². The Morgan fingerprint density at radius 2 is 0.630 bits per heavy atom. The smallest absolute Gasteiger partial charge is 0.195 e. The van der Waals surface area contributed by atoms with Crippen LogP contribution in [-0.4, -0.2) is 23.1 Å². The van der Waals surface area contributed by atoms with Gasteiger partial charge in [0.25, 0.3) is 0 Å². The highest BCUT2D eigenvalue weighted by atomic mass is 16.1. The van der Waals surface area contributed by atoms with E-state index >= 15 is 0 Å². The molecule has 0 amide bonds. The summed E-state index contributed by atoms with van der Waals surface area (Å²) in [6, 6.07) is 24.8. The van der Waals surface area contributed by atoms with Crippen LogP contribution in [0.3, 0.4) is 0 Å². The molecule has 0 saturated carbocycles. The van der Waals surface area contributed by atoms with E-state index in [9.17, 15) is 19.2 Å². The molecule has 5 aliphatic rings. The Hall–Kier alpha value is -6.00. The number of hydrogen-bond donors (Lipinski definition) is 0. The molecule has 4 aromatic carbocycles.